The van der Waals surface area contributed by atoms with Gasteiger partial charge in [-0.15, -0.1) is 0 Å². The standard InChI is InChI=1S/C23H20Cl2N2O3/c24-18-11-12-21(20(25)15-18)30-14-4-9-22(28)26-27-23(29)13-10-17-7-3-6-16-5-1-2-8-19(16)17/h1-3,5-8,10-13,15H,4,9,14H2,(H,26,28)(H,27,29)/b13-10+. The lowest BCUT2D eigenvalue weighted by molar-refractivity contribution is -0.126. The minimum absolute atomic E-state index is 0.193. The molecule has 0 fully saturated rings. The van der Waals surface area contributed by atoms with Crippen molar-refractivity contribution in [3.8, 4) is 5.75 Å². The Labute approximate surface area is 184 Å². The van der Waals surface area contributed by atoms with Crippen LogP contribution in [0, 0.1) is 0 Å². The van der Waals surface area contributed by atoms with Gasteiger partial charge in [0.05, 0.1) is 11.6 Å². The summed E-state index contributed by atoms with van der Waals surface area (Å²) in [5.41, 5.74) is 5.68. The van der Waals surface area contributed by atoms with Crippen molar-refractivity contribution in [3.63, 3.8) is 0 Å². The van der Waals surface area contributed by atoms with Gasteiger partial charge in [0.15, 0.2) is 0 Å². The molecule has 0 atom stereocenters. The summed E-state index contributed by atoms with van der Waals surface area (Å²) in [6, 6.07) is 18.7. The van der Waals surface area contributed by atoms with E-state index in [4.69, 9.17) is 27.9 Å². The third-order valence-corrected chi connectivity index (χ3v) is 4.79. The Morgan fingerprint density at radius 3 is 2.60 bits per heavy atom. The van der Waals surface area contributed by atoms with Gasteiger partial charge in [-0.25, -0.2) is 0 Å². The molecule has 2 amide bonds. The first-order valence-electron chi connectivity index (χ1n) is 9.35. The number of fused-ring (bicyclic) bond motifs is 1. The molecule has 0 spiro atoms. The van der Waals surface area contributed by atoms with E-state index in [0.717, 1.165) is 16.3 Å². The largest absolute Gasteiger partial charge is 0.492 e. The topological polar surface area (TPSA) is 67.4 Å². The number of ether oxygens (including phenoxy) is 1. The maximum Gasteiger partial charge on any atom is 0.262 e. The second-order valence-electron chi connectivity index (χ2n) is 6.47. The summed E-state index contributed by atoms with van der Waals surface area (Å²) in [5, 5.41) is 3.08. The molecule has 2 N–H and O–H groups in total. The molecular weight excluding hydrogens is 423 g/mol. The van der Waals surface area contributed by atoms with Crippen molar-refractivity contribution in [2.45, 2.75) is 12.8 Å². The first-order valence-corrected chi connectivity index (χ1v) is 10.1. The molecule has 0 unspecified atom stereocenters. The predicted octanol–water partition coefficient (Wildman–Crippen LogP) is 5.17. The van der Waals surface area contributed by atoms with Crippen LogP contribution in [-0.4, -0.2) is 18.4 Å². The fraction of sp³-hybridized carbons (Fsp3) is 0.130. The molecule has 0 aliphatic carbocycles. The lowest BCUT2D eigenvalue weighted by atomic mass is 10.0. The van der Waals surface area contributed by atoms with Gasteiger partial charge in [0, 0.05) is 17.5 Å². The number of carbonyl (C=O) groups excluding carboxylic acids is 2. The van der Waals surface area contributed by atoms with Crippen LogP contribution < -0.4 is 15.6 Å². The molecule has 7 heteroatoms. The van der Waals surface area contributed by atoms with E-state index in [2.05, 4.69) is 10.9 Å². The summed E-state index contributed by atoms with van der Waals surface area (Å²) in [7, 11) is 0. The average molecular weight is 443 g/mol. The predicted molar refractivity (Wildman–Crippen MR) is 120 cm³/mol. The number of amides is 2. The second kappa shape index (κ2) is 10.7. The Hall–Kier alpha value is -3.02. The molecule has 154 valence electrons. The summed E-state index contributed by atoms with van der Waals surface area (Å²) in [5.74, 6) is -0.221. The van der Waals surface area contributed by atoms with Gasteiger partial charge in [0.25, 0.3) is 5.91 Å². The Morgan fingerprint density at radius 1 is 0.967 bits per heavy atom. The van der Waals surface area contributed by atoms with Crippen LogP contribution in [0.5, 0.6) is 5.75 Å². The molecule has 0 saturated carbocycles. The van der Waals surface area contributed by atoms with Crippen molar-refractivity contribution in [2.24, 2.45) is 0 Å². The monoisotopic (exact) mass is 442 g/mol. The number of hydrogen-bond donors (Lipinski definition) is 2. The van der Waals surface area contributed by atoms with E-state index in [1.807, 2.05) is 42.5 Å². The Bertz CT molecular complexity index is 1080. The molecule has 0 bridgehead atoms. The van der Waals surface area contributed by atoms with Gasteiger partial charge in [0.2, 0.25) is 5.91 Å². The van der Waals surface area contributed by atoms with E-state index >= 15 is 0 Å². The van der Waals surface area contributed by atoms with Crippen molar-refractivity contribution in [1.82, 2.24) is 10.9 Å². The zero-order valence-electron chi connectivity index (χ0n) is 16.0. The normalized spacial score (nSPS) is 10.9. The number of benzene rings is 3. The summed E-state index contributed by atoms with van der Waals surface area (Å²) >= 11 is 11.8. The van der Waals surface area contributed by atoms with E-state index in [-0.39, 0.29) is 12.3 Å². The first-order chi connectivity index (χ1) is 14.5. The molecule has 30 heavy (non-hydrogen) atoms. The van der Waals surface area contributed by atoms with Crippen molar-refractivity contribution in [3.05, 3.63) is 82.3 Å². The molecule has 0 aliphatic rings. The molecule has 0 aromatic heterocycles. The Kier molecular flexibility index (Phi) is 7.71. The highest BCUT2D eigenvalue weighted by molar-refractivity contribution is 6.35. The van der Waals surface area contributed by atoms with Gasteiger partial charge in [-0.3, -0.25) is 20.4 Å². The molecule has 5 nitrogen and oxygen atoms in total. The van der Waals surface area contributed by atoms with Crippen molar-refractivity contribution >= 4 is 51.9 Å². The Morgan fingerprint density at radius 2 is 1.77 bits per heavy atom. The quantitative estimate of drug-likeness (QED) is 0.301. The first kappa shape index (κ1) is 21.7. The van der Waals surface area contributed by atoms with E-state index < -0.39 is 5.91 Å². The van der Waals surface area contributed by atoms with Crippen LogP contribution in [0.15, 0.2) is 66.7 Å². The van der Waals surface area contributed by atoms with E-state index in [9.17, 15) is 9.59 Å². The number of rotatable bonds is 7. The van der Waals surface area contributed by atoms with Gasteiger partial charge >= 0.3 is 0 Å². The average Bonchev–Trinajstić information content (AvgIpc) is 2.75. The van der Waals surface area contributed by atoms with Crippen LogP contribution in [0.25, 0.3) is 16.8 Å². The summed E-state index contributed by atoms with van der Waals surface area (Å²) in [6.07, 6.45) is 3.76. The number of hydrazine groups is 1. The zero-order chi connectivity index (χ0) is 21.3. The molecular formula is C23H20Cl2N2O3. The third kappa shape index (κ3) is 6.24. The van der Waals surface area contributed by atoms with Crippen LogP contribution in [0.2, 0.25) is 10.0 Å². The van der Waals surface area contributed by atoms with Gasteiger partial charge < -0.3 is 4.74 Å². The number of carbonyl (C=O) groups is 2. The highest BCUT2D eigenvalue weighted by atomic mass is 35.5. The van der Waals surface area contributed by atoms with Crippen LogP contribution in [0.4, 0.5) is 0 Å². The second-order valence-corrected chi connectivity index (χ2v) is 7.31. The molecule has 0 aliphatic heterocycles. The van der Waals surface area contributed by atoms with Crippen LogP contribution >= 0.6 is 23.2 Å². The van der Waals surface area contributed by atoms with Crippen molar-refractivity contribution in [2.75, 3.05) is 6.61 Å². The van der Waals surface area contributed by atoms with Crippen molar-refractivity contribution < 1.29 is 14.3 Å². The highest BCUT2D eigenvalue weighted by Gasteiger charge is 2.05. The third-order valence-electron chi connectivity index (χ3n) is 4.26. The van der Waals surface area contributed by atoms with Gasteiger partial charge in [-0.1, -0.05) is 65.7 Å². The maximum absolute atomic E-state index is 12.0. The fourth-order valence-corrected chi connectivity index (χ4v) is 3.27. The summed E-state index contributed by atoms with van der Waals surface area (Å²) in [6.45, 7) is 0.309. The fourth-order valence-electron chi connectivity index (χ4n) is 2.80. The van der Waals surface area contributed by atoms with Crippen LogP contribution in [0.3, 0.4) is 0 Å². The van der Waals surface area contributed by atoms with Crippen molar-refractivity contribution in [1.29, 1.82) is 0 Å². The minimum Gasteiger partial charge on any atom is -0.492 e. The highest BCUT2D eigenvalue weighted by Crippen LogP contribution is 2.27. The van der Waals surface area contributed by atoms with E-state index in [1.54, 1.807) is 24.3 Å². The smallest absolute Gasteiger partial charge is 0.262 e. The minimum atomic E-state index is -0.416. The zero-order valence-corrected chi connectivity index (χ0v) is 17.5. The van der Waals surface area contributed by atoms with E-state index in [0.29, 0.717) is 28.8 Å². The molecule has 3 aromatic rings. The lowest BCUT2D eigenvalue weighted by Crippen LogP contribution is -2.40. The van der Waals surface area contributed by atoms with Gasteiger partial charge in [-0.2, -0.15) is 0 Å². The summed E-state index contributed by atoms with van der Waals surface area (Å²) < 4.78 is 5.52. The van der Waals surface area contributed by atoms with Gasteiger partial charge in [0.1, 0.15) is 5.75 Å². The van der Waals surface area contributed by atoms with Gasteiger partial charge in [-0.05, 0) is 47.0 Å². The Balaban J connectivity index is 1.40. The summed E-state index contributed by atoms with van der Waals surface area (Å²) in [4.78, 5) is 23.8. The maximum atomic E-state index is 12.0. The number of halogens is 2. The van der Waals surface area contributed by atoms with Crippen LogP contribution in [0.1, 0.15) is 18.4 Å². The number of nitrogens with one attached hydrogen (secondary N) is 2. The number of hydrogen-bond acceptors (Lipinski definition) is 3. The molecule has 0 radical (unpaired) electrons. The van der Waals surface area contributed by atoms with E-state index in [1.165, 1.54) is 6.08 Å². The van der Waals surface area contributed by atoms with Crippen LogP contribution in [-0.2, 0) is 9.59 Å². The molecule has 0 heterocycles. The lowest BCUT2D eigenvalue weighted by Gasteiger charge is -2.08. The molecule has 0 saturated heterocycles. The molecule has 3 rings (SSSR count). The molecule has 3 aromatic carbocycles. The SMILES string of the molecule is O=C(/C=C/c1cccc2ccccc12)NNC(=O)CCCOc1ccc(Cl)cc1Cl.